The van der Waals surface area contributed by atoms with Gasteiger partial charge in [-0.3, -0.25) is 4.57 Å². The van der Waals surface area contributed by atoms with Crippen LogP contribution in [0.25, 0.3) is 0 Å². The second kappa shape index (κ2) is 10.8. The van der Waals surface area contributed by atoms with E-state index in [1.165, 1.54) is 5.56 Å². The van der Waals surface area contributed by atoms with Gasteiger partial charge >= 0.3 is 13.6 Å². The van der Waals surface area contributed by atoms with Crippen molar-refractivity contribution in [2.45, 2.75) is 76.8 Å². The summed E-state index contributed by atoms with van der Waals surface area (Å²) in [7, 11) is -3.99. The topological polar surface area (TPSA) is 74.4 Å². The normalized spacial score (nSPS) is 28.5. The summed E-state index contributed by atoms with van der Waals surface area (Å²) in [6.07, 6.45) is 1.65. The van der Waals surface area contributed by atoms with E-state index < -0.39 is 25.0 Å². The molecule has 4 rings (SSSR count). The van der Waals surface area contributed by atoms with Crippen molar-refractivity contribution < 1.29 is 27.9 Å². The Morgan fingerprint density at radius 2 is 1.58 bits per heavy atom. The maximum Gasteiger partial charge on any atom is 0.377 e. The molecule has 2 fully saturated rings. The number of esters is 1. The van der Waals surface area contributed by atoms with Gasteiger partial charge in [-0.05, 0) is 49.1 Å². The Morgan fingerprint density at radius 3 is 2.17 bits per heavy atom. The lowest BCUT2D eigenvalue weighted by molar-refractivity contribution is -0.160. The van der Waals surface area contributed by atoms with Crippen LogP contribution in [0.1, 0.15) is 71.1 Å². The Hall–Kier alpha value is -1.98. The highest BCUT2D eigenvalue weighted by molar-refractivity contribution is 7.57. The molecule has 36 heavy (non-hydrogen) atoms. The lowest BCUT2D eigenvalue weighted by Crippen LogP contribution is -2.45. The van der Waals surface area contributed by atoms with Crippen LogP contribution in [-0.4, -0.2) is 30.6 Å². The summed E-state index contributed by atoms with van der Waals surface area (Å²) in [6, 6.07) is 19.7. The van der Waals surface area contributed by atoms with Gasteiger partial charge in [0, 0.05) is 5.92 Å². The fourth-order valence-electron chi connectivity index (χ4n) is 5.70. The first-order chi connectivity index (χ1) is 17.2. The van der Waals surface area contributed by atoms with E-state index >= 15 is 0 Å². The third kappa shape index (κ3) is 4.93. The van der Waals surface area contributed by atoms with Crippen LogP contribution >= 0.6 is 7.60 Å². The van der Waals surface area contributed by atoms with Crippen LogP contribution in [0.15, 0.2) is 60.7 Å². The second-order valence-corrected chi connectivity index (χ2v) is 12.7. The minimum atomic E-state index is -3.99. The van der Waals surface area contributed by atoms with E-state index in [-0.39, 0.29) is 30.7 Å². The molecule has 5 atom stereocenters. The molecule has 0 aromatic heterocycles. The number of rotatable bonds is 10. The molecule has 7 heteroatoms. The molecule has 0 spiro atoms. The number of hydrogen-bond acceptors (Lipinski definition) is 6. The molecule has 2 aromatic rings. The van der Waals surface area contributed by atoms with Gasteiger partial charge in [0.2, 0.25) is 0 Å². The molecule has 0 radical (unpaired) electrons. The van der Waals surface area contributed by atoms with Crippen LogP contribution in [0.5, 0.6) is 0 Å². The monoisotopic (exact) mass is 514 g/mol. The molecule has 1 saturated heterocycles. The van der Waals surface area contributed by atoms with Gasteiger partial charge in [0.1, 0.15) is 12.2 Å². The molecule has 0 bridgehead atoms. The van der Waals surface area contributed by atoms with E-state index in [1.807, 2.05) is 48.5 Å². The SMILES string of the molecule is CCOP(=O)(OCC)[C@@]1(C(=O)O[C@@H]2C[C@H](C)CC[C@H]2C(C)(C)c2ccccc2)O[C@@H]1c1ccccc1. The van der Waals surface area contributed by atoms with Crippen LogP contribution in [0, 0.1) is 11.8 Å². The number of benzene rings is 2. The molecule has 0 N–H and O–H groups in total. The van der Waals surface area contributed by atoms with Crippen molar-refractivity contribution in [1.29, 1.82) is 0 Å². The Balaban J connectivity index is 1.67. The van der Waals surface area contributed by atoms with Crippen LogP contribution < -0.4 is 0 Å². The molecule has 0 unspecified atom stereocenters. The third-order valence-corrected chi connectivity index (χ3v) is 10.3. The Morgan fingerprint density at radius 1 is 1.00 bits per heavy atom. The summed E-state index contributed by atoms with van der Waals surface area (Å²) in [5.74, 6) is -0.142. The smallest absolute Gasteiger partial charge is 0.377 e. The number of carbonyl (C=O) groups is 1. The first-order valence-electron chi connectivity index (χ1n) is 13.1. The highest BCUT2D eigenvalue weighted by atomic mass is 31.2. The van der Waals surface area contributed by atoms with Crippen LogP contribution in [0.3, 0.4) is 0 Å². The lowest BCUT2D eigenvalue weighted by atomic mass is 9.64. The van der Waals surface area contributed by atoms with Crippen LogP contribution in [0.4, 0.5) is 0 Å². The average molecular weight is 515 g/mol. The molecule has 0 amide bonds. The molecule has 1 saturated carbocycles. The fourth-order valence-corrected chi connectivity index (χ4v) is 7.78. The first-order valence-corrected chi connectivity index (χ1v) is 14.6. The number of epoxide rings is 1. The summed E-state index contributed by atoms with van der Waals surface area (Å²) < 4.78 is 37.7. The Labute approximate surface area is 215 Å². The predicted molar refractivity (Wildman–Crippen MR) is 140 cm³/mol. The van der Waals surface area contributed by atoms with Crippen molar-refractivity contribution in [2.24, 2.45) is 11.8 Å². The van der Waals surface area contributed by atoms with Crippen molar-refractivity contribution in [2.75, 3.05) is 13.2 Å². The standard InChI is InChI=1S/C29H39O6P/c1-6-32-36(31,33-7-2)29(26(35-29)22-14-10-8-11-15-22)27(30)34-25-20-21(3)18-19-24(25)28(4,5)23-16-12-9-13-17-23/h8-17,21,24-26H,6-7,18-20H2,1-5H3/t21-,24-,25-,26-,29+/m1/s1. The molecule has 1 aliphatic heterocycles. The second-order valence-electron chi connectivity index (χ2n) is 10.5. The maximum atomic E-state index is 14.1. The van der Waals surface area contributed by atoms with Gasteiger partial charge in [-0.15, -0.1) is 0 Å². The third-order valence-electron chi connectivity index (χ3n) is 7.75. The summed E-state index contributed by atoms with van der Waals surface area (Å²) in [4.78, 5) is 14.0. The molecule has 2 aromatic carbocycles. The molecule has 1 aliphatic carbocycles. The van der Waals surface area contributed by atoms with Gasteiger partial charge in [-0.2, -0.15) is 0 Å². The van der Waals surface area contributed by atoms with Crippen molar-refractivity contribution in [3.63, 3.8) is 0 Å². The molecular weight excluding hydrogens is 475 g/mol. The van der Waals surface area contributed by atoms with Crippen LogP contribution in [0.2, 0.25) is 0 Å². The van der Waals surface area contributed by atoms with Gasteiger partial charge in [-0.25, -0.2) is 4.79 Å². The largest absolute Gasteiger partial charge is 0.459 e. The Bertz CT molecular complexity index is 1060. The van der Waals surface area contributed by atoms with Crippen molar-refractivity contribution in [3.8, 4) is 0 Å². The molecular formula is C29H39O6P. The van der Waals surface area contributed by atoms with E-state index in [4.69, 9.17) is 18.5 Å². The Kier molecular flexibility index (Phi) is 8.11. The van der Waals surface area contributed by atoms with Crippen LogP contribution in [-0.2, 0) is 33.3 Å². The zero-order chi connectivity index (χ0) is 26.0. The highest BCUT2D eigenvalue weighted by Gasteiger charge is 2.78. The lowest BCUT2D eigenvalue weighted by Gasteiger charge is -2.44. The average Bonchev–Trinajstić information content (AvgIpc) is 3.63. The predicted octanol–water partition coefficient (Wildman–Crippen LogP) is 7.05. The van der Waals surface area contributed by atoms with E-state index in [9.17, 15) is 9.36 Å². The highest BCUT2D eigenvalue weighted by Crippen LogP contribution is 2.75. The van der Waals surface area contributed by atoms with Gasteiger partial charge in [0.05, 0.1) is 13.2 Å². The van der Waals surface area contributed by atoms with Gasteiger partial charge in [-0.1, -0.05) is 87.9 Å². The molecule has 6 nitrogen and oxygen atoms in total. The number of ether oxygens (including phenoxy) is 2. The minimum Gasteiger partial charge on any atom is -0.459 e. The minimum absolute atomic E-state index is 0.101. The van der Waals surface area contributed by atoms with E-state index in [0.29, 0.717) is 5.92 Å². The zero-order valence-corrected chi connectivity index (χ0v) is 22.9. The molecule has 1 heterocycles. The molecule has 2 aliphatic rings. The number of hydrogen-bond donors (Lipinski definition) is 0. The van der Waals surface area contributed by atoms with Crippen molar-refractivity contribution in [3.05, 3.63) is 71.8 Å². The van der Waals surface area contributed by atoms with Crippen molar-refractivity contribution >= 4 is 13.6 Å². The van der Waals surface area contributed by atoms with Gasteiger partial charge < -0.3 is 18.5 Å². The summed E-state index contributed by atoms with van der Waals surface area (Å²) in [5, 5.41) is -1.80. The van der Waals surface area contributed by atoms with Gasteiger partial charge in [0.15, 0.2) is 0 Å². The zero-order valence-electron chi connectivity index (χ0n) is 22.0. The van der Waals surface area contributed by atoms with E-state index in [0.717, 1.165) is 24.8 Å². The summed E-state index contributed by atoms with van der Waals surface area (Å²) in [6.45, 7) is 10.3. The number of carbonyl (C=O) groups excluding carboxylic acids is 1. The van der Waals surface area contributed by atoms with Crippen molar-refractivity contribution in [1.82, 2.24) is 0 Å². The van der Waals surface area contributed by atoms with E-state index in [1.54, 1.807) is 13.8 Å². The quantitative estimate of drug-likeness (QED) is 0.192. The maximum absolute atomic E-state index is 14.1. The summed E-state index contributed by atoms with van der Waals surface area (Å²) in [5.41, 5.74) is 1.73. The van der Waals surface area contributed by atoms with Gasteiger partial charge in [0.25, 0.3) is 5.34 Å². The fraction of sp³-hybridized carbons (Fsp3) is 0.552. The summed E-state index contributed by atoms with van der Waals surface area (Å²) >= 11 is 0. The first kappa shape index (κ1) is 27.1. The van der Waals surface area contributed by atoms with E-state index in [2.05, 4.69) is 32.9 Å². The molecule has 196 valence electrons.